The summed E-state index contributed by atoms with van der Waals surface area (Å²) in [5.74, 6) is -2.13. The monoisotopic (exact) mass is 554 g/mol. The van der Waals surface area contributed by atoms with Crippen LogP contribution in [0.5, 0.6) is 0 Å². The Morgan fingerprint density at radius 2 is 1.55 bits per heavy atom. The Bertz CT molecular complexity index is 1170. The molecule has 13 heteroatoms. The van der Waals surface area contributed by atoms with Gasteiger partial charge in [-0.05, 0) is 40.5 Å². The summed E-state index contributed by atoms with van der Waals surface area (Å²) in [6.45, 7) is 3.00. The van der Waals surface area contributed by atoms with Gasteiger partial charge in [-0.15, -0.1) is 0 Å². The van der Waals surface area contributed by atoms with Crippen LogP contribution in [0.1, 0.15) is 47.7 Å². The molecule has 0 saturated carbocycles. The second-order valence-corrected chi connectivity index (χ2v) is 8.63. The Labute approximate surface area is 211 Å². The van der Waals surface area contributed by atoms with Gasteiger partial charge in [0.1, 0.15) is 0 Å². The summed E-state index contributed by atoms with van der Waals surface area (Å²) in [4.78, 5) is 24.0. The van der Waals surface area contributed by atoms with Gasteiger partial charge in [0.05, 0.1) is 12.0 Å². The van der Waals surface area contributed by atoms with Crippen molar-refractivity contribution < 1.29 is 49.1 Å². The van der Waals surface area contributed by atoms with Crippen molar-refractivity contribution in [2.24, 2.45) is 5.92 Å². The number of rotatable bonds is 8. The number of hydrogen-bond donors (Lipinski definition) is 2. The van der Waals surface area contributed by atoms with E-state index in [1.165, 1.54) is 12.1 Å². The molecule has 0 spiro atoms. The van der Waals surface area contributed by atoms with Crippen LogP contribution in [-0.4, -0.2) is 24.2 Å². The zero-order valence-corrected chi connectivity index (χ0v) is 20.0. The zero-order valence-electron chi connectivity index (χ0n) is 20.0. The second-order valence-electron chi connectivity index (χ2n) is 8.63. The lowest BCUT2D eigenvalue weighted by molar-refractivity contribution is -0.162. The number of amides is 2. The molecule has 208 valence electrons. The highest BCUT2D eigenvalue weighted by Gasteiger charge is 2.42. The third-order valence-corrected chi connectivity index (χ3v) is 5.19. The molecule has 2 rings (SSSR count). The van der Waals surface area contributed by atoms with Gasteiger partial charge in [0, 0.05) is 18.5 Å². The standard InChI is InChI=1S/C25H23F9N2O2/c1-14(2)22(38)35-13-17-8-6-15(10-18(17)12-23(26,27)28)7-9-20(37)36-21(25(32,33)34)16-4-3-5-19(11-16)24(29,30)31/h3-11,14,21H,12-13H2,1-2H3,(H,35,38)(H,36,37)/b9-7+. The maximum atomic E-state index is 13.5. The number of nitrogens with one attached hydrogen (secondary N) is 2. The summed E-state index contributed by atoms with van der Waals surface area (Å²) in [5, 5.41) is 4.08. The number of halogens is 9. The molecule has 0 aliphatic heterocycles. The molecule has 1 atom stereocenters. The van der Waals surface area contributed by atoms with Gasteiger partial charge in [-0.3, -0.25) is 9.59 Å². The summed E-state index contributed by atoms with van der Waals surface area (Å²) in [5.41, 5.74) is -2.22. The minimum atomic E-state index is -5.14. The molecule has 0 aromatic heterocycles. The molecule has 2 N–H and O–H groups in total. The van der Waals surface area contributed by atoms with E-state index in [0.717, 1.165) is 24.3 Å². The molecule has 0 radical (unpaired) electrons. The first-order chi connectivity index (χ1) is 17.4. The Morgan fingerprint density at radius 3 is 2.11 bits per heavy atom. The van der Waals surface area contributed by atoms with Crippen molar-refractivity contribution in [3.63, 3.8) is 0 Å². The highest BCUT2D eigenvalue weighted by molar-refractivity contribution is 5.92. The Kier molecular flexibility index (Phi) is 9.62. The van der Waals surface area contributed by atoms with Crippen LogP contribution in [0.15, 0.2) is 48.5 Å². The normalized spacial score (nSPS) is 13.6. The van der Waals surface area contributed by atoms with Crippen molar-refractivity contribution in [2.45, 2.75) is 51.4 Å². The SMILES string of the molecule is CC(C)C(=O)NCc1ccc(/C=C/C(=O)NC(c2cccc(C(F)(F)F)c2)C(F)(F)F)cc1CC(F)(F)F. The molecular weight excluding hydrogens is 531 g/mol. The van der Waals surface area contributed by atoms with Crippen molar-refractivity contribution in [1.29, 1.82) is 0 Å². The minimum absolute atomic E-state index is 0.0426. The molecule has 1 unspecified atom stereocenters. The summed E-state index contributed by atoms with van der Waals surface area (Å²) < 4.78 is 119. The van der Waals surface area contributed by atoms with Gasteiger partial charge in [0.15, 0.2) is 6.04 Å². The third kappa shape index (κ3) is 9.42. The first kappa shape index (κ1) is 30.7. The van der Waals surface area contributed by atoms with E-state index in [0.29, 0.717) is 12.1 Å². The fourth-order valence-corrected chi connectivity index (χ4v) is 3.30. The summed E-state index contributed by atoms with van der Waals surface area (Å²) in [7, 11) is 0. The van der Waals surface area contributed by atoms with Crippen LogP contribution >= 0.6 is 0 Å². The van der Waals surface area contributed by atoms with E-state index in [1.54, 1.807) is 19.2 Å². The van der Waals surface area contributed by atoms with E-state index in [9.17, 15) is 49.1 Å². The predicted octanol–water partition coefficient (Wildman–Crippen LogP) is 6.52. The largest absolute Gasteiger partial charge is 0.416 e. The molecule has 0 heterocycles. The summed E-state index contributed by atoms with van der Waals surface area (Å²) in [6, 6.07) is 3.27. The molecule has 38 heavy (non-hydrogen) atoms. The van der Waals surface area contributed by atoms with Crippen molar-refractivity contribution in [3.05, 3.63) is 76.4 Å². The van der Waals surface area contributed by atoms with Crippen molar-refractivity contribution >= 4 is 17.9 Å². The van der Waals surface area contributed by atoms with Gasteiger partial charge < -0.3 is 10.6 Å². The van der Waals surface area contributed by atoms with E-state index >= 15 is 0 Å². The van der Waals surface area contributed by atoms with E-state index in [2.05, 4.69) is 5.32 Å². The highest BCUT2D eigenvalue weighted by Crippen LogP contribution is 2.36. The molecule has 0 aliphatic rings. The zero-order chi connectivity index (χ0) is 28.9. The van der Waals surface area contributed by atoms with Crippen LogP contribution < -0.4 is 10.6 Å². The molecule has 2 aromatic rings. The first-order valence-corrected chi connectivity index (χ1v) is 11.1. The van der Waals surface area contributed by atoms with Crippen LogP contribution in [0, 0.1) is 5.92 Å². The van der Waals surface area contributed by atoms with Crippen molar-refractivity contribution in [1.82, 2.24) is 10.6 Å². The van der Waals surface area contributed by atoms with E-state index in [-0.39, 0.29) is 35.2 Å². The molecule has 0 bridgehead atoms. The fraction of sp³-hybridized carbons (Fsp3) is 0.360. The second kappa shape index (κ2) is 11.9. The number of alkyl halides is 9. The minimum Gasteiger partial charge on any atom is -0.352 e. The Balaban J connectivity index is 2.27. The predicted molar refractivity (Wildman–Crippen MR) is 120 cm³/mol. The average molecular weight is 554 g/mol. The summed E-state index contributed by atoms with van der Waals surface area (Å²) >= 11 is 0. The van der Waals surface area contributed by atoms with Gasteiger partial charge in [0.25, 0.3) is 0 Å². The number of carbonyl (C=O) groups excluding carboxylic acids is 2. The molecule has 0 aliphatic carbocycles. The summed E-state index contributed by atoms with van der Waals surface area (Å²) in [6.07, 6.45) is -14.4. The molecule has 2 aromatic carbocycles. The average Bonchev–Trinajstić information content (AvgIpc) is 2.78. The van der Waals surface area contributed by atoms with Gasteiger partial charge >= 0.3 is 18.5 Å². The topological polar surface area (TPSA) is 58.2 Å². The van der Waals surface area contributed by atoms with Crippen molar-refractivity contribution in [2.75, 3.05) is 0 Å². The van der Waals surface area contributed by atoms with Crippen molar-refractivity contribution in [3.8, 4) is 0 Å². The lowest BCUT2D eigenvalue weighted by atomic mass is 10.00. The molecule has 2 amide bonds. The molecule has 0 saturated heterocycles. The molecule has 0 fully saturated rings. The van der Waals surface area contributed by atoms with Crippen LogP contribution in [0.4, 0.5) is 39.5 Å². The Morgan fingerprint density at radius 1 is 0.895 bits per heavy atom. The Hall–Kier alpha value is -3.51. The maximum absolute atomic E-state index is 13.5. The highest BCUT2D eigenvalue weighted by atomic mass is 19.4. The number of carbonyl (C=O) groups is 2. The van der Waals surface area contributed by atoms with Crippen LogP contribution in [-0.2, 0) is 28.7 Å². The third-order valence-electron chi connectivity index (χ3n) is 5.19. The van der Waals surface area contributed by atoms with Crippen LogP contribution in [0.25, 0.3) is 6.08 Å². The van der Waals surface area contributed by atoms with E-state index in [1.807, 2.05) is 0 Å². The van der Waals surface area contributed by atoms with E-state index in [4.69, 9.17) is 0 Å². The van der Waals surface area contributed by atoms with Gasteiger partial charge in [0.2, 0.25) is 11.8 Å². The van der Waals surface area contributed by atoms with Gasteiger partial charge in [-0.1, -0.05) is 44.2 Å². The van der Waals surface area contributed by atoms with Crippen LogP contribution in [0.2, 0.25) is 0 Å². The van der Waals surface area contributed by atoms with Gasteiger partial charge in [-0.2, -0.15) is 39.5 Å². The number of benzene rings is 2. The van der Waals surface area contributed by atoms with Crippen LogP contribution in [0.3, 0.4) is 0 Å². The quantitative estimate of drug-likeness (QED) is 0.289. The smallest absolute Gasteiger partial charge is 0.352 e. The fourth-order valence-electron chi connectivity index (χ4n) is 3.30. The lowest BCUT2D eigenvalue weighted by Gasteiger charge is -2.22. The van der Waals surface area contributed by atoms with E-state index < -0.39 is 53.9 Å². The molecular formula is C25H23F9N2O2. The van der Waals surface area contributed by atoms with Gasteiger partial charge in [-0.25, -0.2) is 0 Å². The number of hydrogen-bond acceptors (Lipinski definition) is 2. The molecule has 4 nitrogen and oxygen atoms in total. The first-order valence-electron chi connectivity index (χ1n) is 11.1. The maximum Gasteiger partial charge on any atom is 0.416 e. The lowest BCUT2D eigenvalue weighted by Crippen LogP contribution is -2.37.